The fourth-order valence-corrected chi connectivity index (χ4v) is 2.40. The van der Waals surface area contributed by atoms with Crippen LogP contribution in [0.5, 0.6) is 17.2 Å². The average Bonchev–Trinajstić information content (AvgIpc) is 3.21. The predicted molar refractivity (Wildman–Crippen MR) is 103 cm³/mol. The van der Waals surface area contributed by atoms with Crippen molar-refractivity contribution in [1.29, 1.82) is 0 Å². The Morgan fingerprint density at radius 3 is 2.57 bits per heavy atom. The number of nitrogens with zero attached hydrogens (tertiary/aromatic N) is 3. The molecule has 0 saturated carbocycles. The molecule has 0 unspecified atom stereocenters. The van der Waals surface area contributed by atoms with Crippen LogP contribution in [0.15, 0.2) is 52.1 Å². The fourth-order valence-electron chi connectivity index (χ4n) is 2.40. The summed E-state index contributed by atoms with van der Waals surface area (Å²) in [5.74, 6) is 2.87. The van der Waals surface area contributed by atoms with Gasteiger partial charge >= 0.3 is 0 Å². The van der Waals surface area contributed by atoms with Crippen LogP contribution in [0.1, 0.15) is 18.4 Å². The normalized spacial score (nSPS) is 10.8. The van der Waals surface area contributed by atoms with Crippen LogP contribution < -0.4 is 14.2 Å². The summed E-state index contributed by atoms with van der Waals surface area (Å²) in [7, 11) is 3.20. The highest BCUT2D eigenvalue weighted by Crippen LogP contribution is 2.27. The van der Waals surface area contributed by atoms with Crippen LogP contribution in [0.3, 0.4) is 0 Å². The Balaban J connectivity index is 1.57. The van der Waals surface area contributed by atoms with Crippen molar-refractivity contribution in [2.75, 3.05) is 20.8 Å². The summed E-state index contributed by atoms with van der Waals surface area (Å²) in [6.45, 7) is 2.55. The van der Waals surface area contributed by atoms with Gasteiger partial charge in [-0.25, -0.2) is 0 Å². The number of hydrogen-bond donors (Lipinski definition) is 0. The zero-order valence-corrected chi connectivity index (χ0v) is 15.9. The van der Waals surface area contributed by atoms with Gasteiger partial charge in [-0.2, -0.15) is 4.98 Å². The standard InChI is InChI=1S/C20H21N3O5/c1-4-26-17-10-5-14(11-18(17)25-3)12-21-27-13-19-22-20(23-28-19)15-6-8-16(24-2)9-7-15/h5-12H,4,13H2,1-3H3/b21-12-. The number of methoxy groups -OCH3 is 2. The molecule has 28 heavy (non-hydrogen) atoms. The molecule has 0 bridgehead atoms. The van der Waals surface area contributed by atoms with Crippen molar-refractivity contribution >= 4 is 6.21 Å². The van der Waals surface area contributed by atoms with E-state index in [1.54, 1.807) is 20.4 Å². The van der Waals surface area contributed by atoms with Gasteiger partial charge in [0.15, 0.2) is 18.1 Å². The van der Waals surface area contributed by atoms with Crippen molar-refractivity contribution in [2.45, 2.75) is 13.5 Å². The van der Waals surface area contributed by atoms with Crippen LogP contribution in [0, 0.1) is 0 Å². The lowest BCUT2D eigenvalue weighted by molar-refractivity contribution is 0.107. The first kappa shape index (κ1) is 19.2. The minimum absolute atomic E-state index is 0.0633. The van der Waals surface area contributed by atoms with Crippen LogP contribution in [-0.2, 0) is 11.4 Å². The van der Waals surface area contributed by atoms with E-state index in [2.05, 4.69) is 15.3 Å². The maximum Gasteiger partial charge on any atom is 0.267 e. The monoisotopic (exact) mass is 383 g/mol. The average molecular weight is 383 g/mol. The smallest absolute Gasteiger partial charge is 0.267 e. The van der Waals surface area contributed by atoms with Gasteiger partial charge < -0.3 is 23.6 Å². The topological polar surface area (TPSA) is 88.2 Å². The summed E-state index contributed by atoms with van der Waals surface area (Å²) in [5, 5.41) is 7.87. The summed E-state index contributed by atoms with van der Waals surface area (Å²) in [5.41, 5.74) is 1.63. The third kappa shape index (κ3) is 4.79. The van der Waals surface area contributed by atoms with Crippen LogP contribution >= 0.6 is 0 Å². The Morgan fingerprint density at radius 1 is 1.04 bits per heavy atom. The number of ether oxygens (including phenoxy) is 3. The first-order valence-corrected chi connectivity index (χ1v) is 8.66. The van der Waals surface area contributed by atoms with Gasteiger partial charge in [-0.3, -0.25) is 0 Å². The van der Waals surface area contributed by atoms with Crippen LogP contribution in [0.4, 0.5) is 0 Å². The quantitative estimate of drug-likeness (QED) is 0.411. The fraction of sp³-hybridized carbons (Fsp3) is 0.250. The molecule has 0 spiro atoms. The highest BCUT2D eigenvalue weighted by atomic mass is 16.6. The van der Waals surface area contributed by atoms with E-state index in [-0.39, 0.29) is 6.61 Å². The van der Waals surface area contributed by atoms with Gasteiger partial charge in [-0.15, -0.1) is 0 Å². The highest BCUT2D eigenvalue weighted by molar-refractivity contribution is 5.80. The Hall–Kier alpha value is -3.55. The summed E-state index contributed by atoms with van der Waals surface area (Å²) in [6.07, 6.45) is 1.57. The molecule has 0 saturated heterocycles. The Labute approximate surface area is 162 Å². The predicted octanol–water partition coefficient (Wildman–Crippen LogP) is 3.70. The second-order valence-corrected chi connectivity index (χ2v) is 5.59. The molecule has 3 rings (SSSR count). The van der Waals surface area contributed by atoms with Crippen LogP contribution in [0.2, 0.25) is 0 Å². The number of hydrogen-bond acceptors (Lipinski definition) is 8. The van der Waals surface area contributed by atoms with E-state index in [0.29, 0.717) is 29.8 Å². The number of rotatable bonds is 9. The molecule has 1 aromatic heterocycles. The van der Waals surface area contributed by atoms with Crippen molar-refractivity contribution < 1.29 is 23.6 Å². The van der Waals surface area contributed by atoms with E-state index < -0.39 is 0 Å². The van der Waals surface area contributed by atoms with Crippen molar-refractivity contribution in [2.24, 2.45) is 5.16 Å². The summed E-state index contributed by atoms with van der Waals surface area (Å²) in [4.78, 5) is 9.53. The molecule has 1 heterocycles. The van der Waals surface area contributed by atoms with E-state index in [0.717, 1.165) is 16.9 Å². The third-order valence-corrected chi connectivity index (χ3v) is 3.77. The molecule has 0 aliphatic carbocycles. The van der Waals surface area contributed by atoms with Gasteiger partial charge in [0.05, 0.1) is 27.0 Å². The summed E-state index contributed by atoms with van der Waals surface area (Å²) >= 11 is 0. The van der Waals surface area contributed by atoms with E-state index in [1.165, 1.54) is 0 Å². The van der Waals surface area contributed by atoms with Crippen molar-refractivity contribution in [3.05, 3.63) is 53.9 Å². The first-order chi connectivity index (χ1) is 13.7. The van der Waals surface area contributed by atoms with Gasteiger partial charge in [-0.1, -0.05) is 10.3 Å². The lowest BCUT2D eigenvalue weighted by atomic mass is 10.2. The minimum Gasteiger partial charge on any atom is -0.497 e. The zero-order chi connectivity index (χ0) is 19.8. The summed E-state index contributed by atoms with van der Waals surface area (Å²) < 4.78 is 21.1. The first-order valence-electron chi connectivity index (χ1n) is 8.66. The molecule has 0 aliphatic heterocycles. The van der Waals surface area contributed by atoms with Crippen molar-refractivity contribution in [3.8, 4) is 28.6 Å². The molecule has 2 aromatic carbocycles. The molecule has 0 fully saturated rings. The van der Waals surface area contributed by atoms with E-state index in [1.807, 2.05) is 49.4 Å². The number of oxime groups is 1. The lowest BCUT2D eigenvalue weighted by Gasteiger charge is -2.09. The van der Waals surface area contributed by atoms with Crippen LogP contribution in [0.25, 0.3) is 11.4 Å². The van der Waals surface area contributed by atoms with Gasteiger partial charge in [0.25, 0.3) is 5.89 Å². The molecule has 0 atom stereocenters. The molecule has 8 heteroatoms. The van der Waals surface area contributed by atoms with Gasteiger partial charge in [0, 0.05) is 11.1 Å². The van der Waals surface area contributed by atoms with E-state index in [4.69, 9.17) is 23.6 Å². The highest BCUT2D eigenvalue weighted by Gasteiger charge is 2.09. The van der Waals surface area contributed by atoms with Crippen molar-refractivity contribution in [3.63, 3.8) is 0 Å². The van der Waals surface area contributed by atoms with E-state index in [9.17, 15) is 0 Å². The number of benzene rings is 2. The molecule has 0 aliphatic rings. The van der Waals surface area contributed by atoms with Gasteiger partial charge in [0.1, 0.15) is 5.75 Å². The Morgan fingerprint density at radius 2 is 1.86 bits per heavy atom. The lowest BCUT2D eigenvalue weighted by Crippen LogP contribution is -1.96. The molecular formula is C20H21N3O5. The Bertz CT molecular complexity index is 922. The molecule has 0 radical (unpaired) electrons. The van der Waals surface area contributed by atoms with Gasteiger partial charge in [-0.05, 0) is 49.4 Å². The molecule has 146 valence electrons. The Kier molecular flexibility index (Phi) is 6.46. The second-order valence-electron chi connectivity index (χ2n) is 5.59. The second kappa shape index (κ2) is 9.40. The summed E-state index contributed by atoms with van der Waals surface area (Å²) in [6, 6.07) is 12.9. The number of aromatic nitrogens is 2. The zero-order valence-electron chi connectivity index (χ0n) is 15.9. The largest absolute Gasteiger partial charge is 0.497 e. The molecule has 8 nitrogen and oxygen atoms in total. The molecular weight excluding hydrogens is 362 g/mol. The van der Waals surface area contributed by atoms with Crippen molar-refractivity contribution in [1.82, 2.24) is 10.1 Å². The SMILES string of the molecule is CCOc1ccc(/C=N\OCc2nc(-c3ccc(OC)cc3)no2)cc1OC. The third-order valence-electron chi connectivity index (χ3n) is 3.77. The molecule has 3 aromatic rings. The van der Waals surface area contributed by atoms with E-state index >= 15 is 0 Å². The maximum absolute atomic E-state index is 5.48. The molecule has 0 amide bonds. The van der Waals surface area contributed by atoms with Gasteiger partial charge in [0.2, 0.25) is 5.82 Å². The maximum atomic E-state index is 5.48. The van der Waals surface area contributed by atoms with Crippen LogP contribution in [-0.4, -0.2) is 37.2 Å². The minimum atomic E-state index is 0.0633. The molecule has 0 N–H and O–H groups in total.